The lowest BCUT2D eigenvalue weighted by molar-refractivity contribution is -0.120. The van der Waals surface area contributed by atoms with Gasteiger partial charge in [0.15, 0.2) is 23.9 Å². The smallest absolute Gasteiger partial charge is 0.330 e. The first-order chi connectivity index (χ1) is 15.8. The second-order valence-corrected chi connectivity index (χ2v) is 7.33. The Hall–Kier alpha value is -3.95. The zero-order valence-corrected chi connectivity index (χ0v) is 18.0. The summed E-state index contributed by atoms with van der Waals surface area (Å²) in [4.78, 5) is 41.4. The topological polar surface area (TPSA) is 110 Å². The second-order valence-electron chi connectivity index (χ2n) is 7.33. The van der Waals surface area contributed by atoms with E-state index in [1.807, 2.05) is 6.92 Å². The molecule has 1 heterocycles. The van der Waals surface area contributed by atoms with Crippen molar-refractivity contribution in [3.8, 4) is 5.75 Å². The average molecular weight is 458 g/mol. The molecule has 0 spiro atoms. The molecule has 2 aromatic carbocycles. The highest BCUT2D eigenvalue weighted by Crippen LogP contribution is 2.22. The molecule has 3 rings (SSSR count). The lowest BCUT2D eigenvalue weighted by Gasteiger charge is -2.25. The minimum Gasteiger partial charge on any atom is -0.481 e. The number of aromatic nitrogens is 2. The minimum absolute atomic E-state index is 0.0474. The van der Waals surface area contributed by atoms with Crippen LogP contribution in [-0.4, -0.2) is 22.1 Å². The molecule has 33 heavy (non-hydrogen) atoms. The molecule has 1 amide bonds. The molecular weight excluding hydrogens is 434 g/mol. The third-order valence-electron chi connectivity index (χ3n) is 4.95. The van der Waals surface area contributed by atoms with E-state index in [2.05, 4.69) is 4.98 Å². The van der Waals surface area contributed by atoms with Crippen molar-refractivity contribution in [2.45, 2.75) is 32.9 Å². The number of H-pyrrole nitrogens is 1. The first-order valence-electron chi connectivity index (χ1n) is 10.4. The normalized spacial score (nSPS) is 10.8. The summed E-state index contributed by atoms with van der Waals surface area (Å²) in [6.45, 7) is 1.50. The standard InChI is InChI=1S/C23H24F2N4O4/c1-2-3-11-28-21(26)20(22(31)27-23(28)32)29(13-15-7-5-4-6-8-15)19(30)14-33-18-10-9-16(24)12-17(18)25/h4-10,12H,2-3,11,13-14,26H2,1H3,(H,27,31,32). The van der Waals surface area contributed by atoms with Gasteiger partial charge in [0.05, 0.1) is 6.54 Å². The number of aromatic amines is 1. The molecule has 0 saturated heterocycles. The van der Waals surface area contributed by atoms with Gasteiger partial charge >= 0.3 is 5.69 Å². The van der Waals surface area contributed by atoms with Crippen LogP contribution in [0.4, 0.5) is 20.3 Å². The summed E-state index contributed by atoms with van der Waals surface area (Å²) in [7, 11) is 0. The number of halogens is 2. The lowest BCUT2D eigenvalue weighted by Crippen LogP contribution is -2.42. The predicted octanol–water partition coefficient (Wildman–Crippen LogP) is 2.81. The van der Waals surface area contributed by atoms with Gasteiger partial charge in [-0.05, 0) is 24.1 Å². The van der Waals surface area contributed by atoms with Crippen LogP contribution in [0.1, 0.15) is 25.3 Å². The number of nitrogen functional groups attached to an aromatic ring is 1. The van der Waals surface area contributed by atoms with Gasteiger partial charge in [0.25, 0.3) is 11.5 Å². The van der Waals surface area contributed by atoms with E-state index in [0.29, 0.717) is 18.1 Å². The number of rotatable bonds is 9. The van der Waals surface area contributed by atoms with Gasteiger partial charge in [-0.15, -0.1) is 0 Å². The Morgan fingerprint density at radius 3 is 2.55 bits per heavy atom. The zero-order chi connectivity index (χ0) is 24.0. The van der Waals surface area contributed by atoms with E-state index < -0.39 is 35.4 Å². The third-order valence-corrected chi connectivity index (χ3v) is 4.95. The highest BCUT2D eigenvalue weighted by molar-refractivity contribution is 5.96. The van der Waals surface area contributed by atoms with E-state index in [1.54, 1.807) is 30.3 Å². The Bertz CT molecular complexity index is 1240. The fourth-order valence-corrected chi connectivity index (χ4v) is 3.24. The van der Waals surface area contributed by atoms with Crippen molar-refractivity contribution < 1.29 is 18.3 Å². The molecule has 174 valence electrons. The van der Waals surface area contributed by atoms with Crippen molar-refractivity contribution in [2.24, 2.45) is 0 Å². The lowest BCUT2D eigenvalue weighted by atomic mass is 10.2. The molecule has 0 bridgehead atoms. The van der Waals surface area contributed by atoms with Gasteiger partial charge in [-0.3, -0.25) is 24.0 Å². The number of hydrogen-bond acceptors (Lipinski definition) is 5. The monoisotopic (exact) mass is 458 g/mol. The molecule has 3 aromatic rings. The van der Waals surface area contributed by atoms with Gasteiger partial charge in [0, 0.05) is 12.6 Å². The number of ether oxygens (including phenoxy) is 1. The Balaban J connectivity index is 1.98. The fourth-order valence-electron chi connectivity index (χ4n) is 3.24. The molecule has 0 radical (unpaired) electrons. The number of nitrogens with one attached hydrogen (secondary N) is 1. The van der Waals surface area contributed by atoms with Gasteiger partial charge < -0.3 is 10.5 Å². The van der Waals surface area contributed by atoms with Gasteiger partial charge in [-0.25, -0.2) is 13.6 Å². The highest BCUT2D eigenvalue weighted by Gasteiger charge is 2.25. The molecule has 10 heteroatoms. The van der Waals surface area contributed by atoms with Crippen molar-refractivity contribution in [1.82, 2.24) is 9.55 Å². The van der Waals surface area contributed by atoms with Crippen LogP contribution in [-0.2, 0) is 17.9 Å². The van der Waals surface area contributed by atoms with Crippen LogP contribution in [0.25, 0.3) is 0 Å². The number of amides is 1. The maximum Gasteiger partial charge on any atom is 0.330 e. The Morgan fingerprint density at radius 2 is 1.88 bits per heavy atom. The van der Waals surface area contributed by atoms with Gasteiger partial charge in [-0.1, -0.05) is 43.7 Å². The van der Waals surface area contributed by atoms with Gasteiger partial charge in [-0.2, -0.15) is 0 Å². The van der Waals surface area contributed by atoms with E-state index in [-0.39, 0.29) is 30.3 Å². The first-order valence-corrected chi connectivity index (χ1v) is 10.4. The molecule has 8 nitrogen and oxygen atoms in total. The highest BCUT2D eigenvalue weighted by atomic mass is 19.1. The van der Waals surface area contributed by atoms with E-state index in [9.17, 15) is 23.2 Å². The van der Waals surface area contributed by atoms with Gasteiger partial charge in [0.1, 0.15) is 11.6 Å². The fraction of sp³-hybridized carbons (Fsp3) is 0.261. The van der Waals surface area contributed by atoms with Crippen LogP contribution in [0, 0.1) is 11.6 Å². The number of carbonyl (C=O) groups excluding carboxylic acids is 1. The summed E-state index contributed by atoms with van der Waals surface area (Å²) in [6.07, 6.45) is 1.42. The zero-order valence-electron chi connectivity index (χ0n) is 18.0. The maximum absolute atomic E-state index is 13.9. The largest absolute Gasteiger partial charge is 0.481 e. The summed E-state index contributed by atoms with van der Waals surface area (Å²) in [5.74, 6) is -2.94. The molecule has 1 aromatic heterocycles. The number of hydrogen-bond donors (Lipinski definition) is 2. The molecule has 3 N–H and O–H groups in total. The van der Waals surface area contributed by atoms with Crippen molar-refractivity contribution in [2.75, 3.05) is 17.2 Å². The number of unbranched alkanes of at least 4 members (excludes halogenated alkanes) is 1. The maximum atomic E-state index is 13.9. The molecular formula is C23H24F2N4O4. The summed E-state index contributed by atoms with van der Waals surface area (Å²) in [5, 5.41) is 0. The molecule has 0 aliphatic carbocycles. The Morgan fingerprint density at radius 1 is 1.15 bits per heavy atom. The summed E-state index contributed by atoms with van der Waals surface area (Å²) < 4.78 is 33.5. The molecule has 0 saturated carbocycles. The quantitative estimate of drug-likeness (QED) is 0.512. The van der Waals surface area contributed by atoms with Crippen LogP contribution in [0.5, 0.6) is 5.75 Å². The summed E-state index contributed by atoms with van der Waals surface area (Å²) in [5.41, 5.74) is 5.15. The van der Waals surface area contributed by atoms with E-state index in [0.717, 1.165) is 23.5 Å². The van der Waals surface area contributed by atoms with Gasteiger partial charge in [0.2, 0.25) is 0 Å². The van der Waals surface area contributed by atoms with Crippen molar-refractivity contribution in [3.05, 3.63) is 86.6 Å². The van der Waals surface area contributed by atoms with Crippen molar-refractivity contribution in [3.63, 3.8) is 0 Å². The first kappa shape index (κ1) is 23.7. The molecule has 0 aliphatic rings. The summed E-state index contributed by atoms with van der Waals surface area (Å²) >= 11 is 0. The Labute approximate surface area is 188 Å². The number of carbonyl (C=O) groups is 1. The third kappa shape index (κ3) is 5.65. The van der Waals surface area contributed by atoms with Crippen LogP contribution in [0.3, 0.4) is 0 Å². The minimum atomic E-state index is -0.970. The Kier molecular flexibility index (Phi) is 7.60. The molecule has 0 unspecified atom stereocenters. The van der Waals surface area contributed by atoms with Crippen LogP contribution in [0.15, 0.2) is 58.1 Å². The van der Waals surface area contributed by atoms with E-state index >= 15 is 0 Å². The summed E-state index contributed by atoms with van der Waals surface area (Å²) in [6, 6.07) is 11.5. The predicted molar refractivity (Wildman–Crippen MR) is 120 cm³/mol. The number of nitrogens with zero attached hydrogens (tertiary/aromatic N) is 2. The van der Waals surface area contributed by atoms with E-state index in [4.69, 9.17) is 10.5 Å². The van der Waals surface area contributed by atoms with E-state index in [1.165, 1.54) is 4.57 Å². The average Bonchev–Trinajstić information content (AvgIpc) is 2.78. The number of anilines is 2. The number of nitrogens with two attached hydrogens (primary N) is 1. The molecule has 0 atom stereocenters. The van der Waals surface area contributed by atoms with Crippen LogP contribution >= 0.6 is 0 Å². The second kappa shape index (κ2) is 10.6. The molecule has 0 aliphatic heterocycles. The van der Waals surface area contributed by atoms with Crippen molar-refractivity contribution in [1.29, 1.82) is 0 Å². The van der Waals surface area contributed by atoms with Crippen LogP contribution in [0.2, 0.25) is 0 Å². The molecule has 0 fully saturated rings. The SMILES string of the molecule is CCCCn1c(N)c(N(Cc2ccccc2)C(=O)COc2ccc(F)cc2F)c(=O)[nH]c1=O. The van der Waals surface area contributed by atoms with Crippen LogP contribution < -0.4 is 26.6 Å². The van der Waals surface area contributed by atoms with Crippen molar-refractivity contribution >= 4 is 17.4 Å². The number of benzene rings is 2.